The number of esters is 1. The molecule has 0 N–H and O–H groups in total. The minimum Gasteiger partial charge on any atom is -0.467 e. The number of hydrogen-bond acceptors (Lipinski definition) is 5. The Bertz CT molecular complexity index is 572. The highest BCUT2D eigenvalue weighted by Gasteiger charge is 2.32. The predicted octanol–water partition coefficient (Wildman–Crippen LogP) is 2.92. The molecule has 0 saturated carbocycles. The zero-order valence-corrected chi connectivity index (χ0v) is 13.9. The first-order valence-electron chi connectivity index (χ1n) is 7.18. The van der Waals surface area contributed by atoms with Crippen LogP contribution in [0.3, 0.4) is 0 Å². The van der Waals surface area contributed by atoms with E-state index in [9.17, 15) is 14.4 Å². The number of Topliss-reactive ketones (excluding diaryl/α,β-unsaturated/α-hetero) is 1. The molecule has 1 aliphatic heterocycles. The van der Waals surface area contributed by atoms with Gasteiger partial charge >= 0.3 is 5.97 Å². The van der Waals surface area contributed by atoms with Crippen LogP contribution in [0.2, 0.25) is 4.34 Å². The van der Waals surface area contributed by atoms with Gasteiger partial charge in [0.25, 0.3) is 0 Å². The molecular formula is C15H18ClNO4S. The lowest BCUT2D eigenvalue weighted by atomic mass is 10.0. The van der Waals surface area contributed by atoms with E-state index in [4.69, 9.17) is 16.3 Å². The number of nitrogens with zero attached hydrogens (tertiary/aromatic N) is 1. The van der Waals surface area contributed by atoms with Crippen LogP contribution in [0.1, 0.15) is 41.8 Å². The maximum absolute atomic E-state index is 12.3. The number of carbonyl (C=O) groups excluding carboxylic acids is 3. The molecule has 7 heteroatoms. The molecular weight excluding hydrogens is 326 g/mol. The fraction of sp³-hybridized carbons (Fsp3) is 0.533. The fourth-order valence-electron chi connectivity index (χ4n) is 2.56. The lowest BCUT2D eigenvalue weighted by Gasteiger charge is -2.33. The number of thiophene rings is 1. The van der Waals surface area contributed by atoms with Gasteiger partial charge < -0.3 is 9.64 Å². The molecule has 0 bridgehead atoms. The average molecular weight is 344 g/mol. The zero-order chi connectivity index (χ0) is 16.1. The summed E-state index contributed by atoms with van der Waals surface area (Å²) >= 11 is 7.01. The van der Waals surface area contributed by atoms with Crippen molar-refractivity contribution in [3.8, 4) is 0 Å². The van der Waals surface area contributed by atoms with E-state index in [-0.39, 0.29) is 30.5 Å². The van der Waals surface area contributed by atoms with Crippen molar-refractivity contribution in [3.63, 3.8) is 0 Å². The third kappa shape index (κ3) is 4.08. The normalized spacial score (nSPS) is 18.1. The highest BCUT2D eigenvalue weighted by atomic mass is 35.5. The summed E-state index contributed by atoms with van der Waals surface area (Å²) in [6.07, 6.45) is 2.61. The van der Waals surface area contributed by atoms with Crippen LogP contribution in [0.15, 0.2) is 12.1 Å². The summed E-state index contributed by atoms with van der Waals surface area (Å²) in [6, 6.07) is 2.81. The smallest absolute Gasteiger partial charge is 0.328 e. The lowest BCUT2D eigenvalue weighted by molar-refractivity contribution is -0.154. The summed E-state index contributed by atoms with van der Waals surface area (Å²) in [4.78, 5) is 38.2. The number of amides is 1. The molecule has 2 heterocycles. The average Bonchev–Trinajstić information content (AvgIpc) is 2.98. The SMILES string of the molecule is COC(=O)C1CCCCN1C(=O)CCC(=O)c1ccc(Cl)s1. The molecule has 120 valence electrons. The third-order valence-corrected chi connectivity index (χ3v) is 4.98. The summed E-state index contributed by atoms with van der Waals surface area (Å²) in [7, 11) is 1.32. The van der Waals surface area contributed by atoms with Crippen LogP contribution < -0.4 is 0 Å². The molecule has 1 amide bonds. The van der Waals surface area contributed by atoms with Gasteiger partial charge in [0, 0.05) is 19.4 Å². The van der Waals surface area contributed by atoms with Gasteiger partial charge in [-0.25, -0.2) is 4.79 Å². The van der Waals surface area contributed by atoms with E-state index in [1.807, 2.05) is 0 Å². The Labute approximate surface area is 138 Å². The molecule has 1 fully saturated rings. The Morgan fingerprint density at radius 2 is 2.09 bits per heavy atom. The molecule has 2 rings (SSSR count). The largest absolute Gasteiger partial charge is 0.467 e. The Kier molecular flexibility index (Phi) is 5.97. The molecule has 0 radical (unpaired) electrons. The Hall–Kier alpha value is -1.40. The van der Waals surface area contributed by atoms with Gasteiger partial charge in [-0.05, 0) is 31.4 Å². The summed E-state index contributed by atoms with van der Waals surface area (Å²) in [5, 5.41) is 0. The van der Waals surface area contributed by atoms with Gasteiger partial charge in [-0.1, -0.05) is 11.6 Å². The summed E-state index contributed by atoms with van der Waals surface area (Å²) < 4.78 is 5.31. The van der Waals surface area contributed by atoms with Crippen molar-refractivity contribution in [2.45, 2.75) is 38.1 Å². The second kappa shape index (κ2) is 7.74. The number of methoxy groups -OCH3 is 1. The minimum absolute atomic E-state index is 0.0991. The molecule has 0 aromatic carbocycles. The van der Waals surface area contributed by atoms with Crippen molar-refractivity contribution in [2.75, 3.05) is 13.7 Å². The standard InChI is InChI=1S/C15H18ClNO4S/c1-21-15(20)10-4-2-3-9-17(10)14(19)8-5-11(18)12-6-7-13(16)22-12/h6-7,10H,2-5,8-9H2,1H3. The molecule has 1 atom stereocenters. The Morgan fingerprint density at radius 1 is 1.32 bits per heavy atom. The summed E-state index contributed by atoms with van der Waals surface area (Å²) in [6.45, 7) is 0.539. The van der Waals surface area contributed by atoms with E-state index in [0.29, 0.717) is 22.2 Å². The van der Waals surface area contributed by atoms with Gasteiger partial charge in [0.1, 0.15) is 6.04 Å². The van der Waals surface area contributed by atoms with E-state index in [1.54, 1.807) is 17.0 Å². The van der Waals surface area contributed by atoms with Gasteiger partial charge in [-0.2, -0.15) is 0 Å². The minimum atomic E-state index is -0.516. The van der Waals surface area contributed by atoms with Crippen molar-refractivity contribution in [3.05, 3.63) is 21.3 Å². The number of ether oxygens (including phenoxy) is 1. The monoisotopic (exact) mass is 343 g/mol. The molecule has 5 nitrogen and oxygen atoms in total. The van der Waals surface area contributed by atoms with Gasteiger partial charge in [0.05, 0.1) is 16.3 Å². The highest BCUT2D eigenvalue weighted by Crippen LogP contribution is 2.24. The first-order valence-corrected chi connectivity index (χ1v) is 8.38. The van der Waals surface area contributed by atoms with Crippen LogP contribution in [-0.2, 0) is 14.3 Å². The van der Waals surface area contributed by atoms with E-state index >= 15 is 0 Å². The number of hydrogen-bond donors (Lipinski definition) is 0. The third-order valence-electron chi connectivity index (χ3n) is 3.71. The van der Waals surface area contributed by atoms with E-state index in [1.165, 1.54) is 18.4 Å². The van der Waals surface area contributed by atoms with Gasteiger partial charge in [-0.3, -0.25) is 9.59 Å². The lowest BCUT2D eigenvalue weighted by Crippen LogP contribution is -2.48. The van der Waals surface area contributed by atoms with Crippen LogP contribution >= 0.6 is 22.9 Å². The topological polar surface area (TPSA) is 63.7 Å². The first-order chi connectivity index (χ1) is 10.5. The van der Waals surface area contributed by atoms with Crippen LogP contribution in [0.5, 0.6) is 0 Å². The molecule has 1 unspecified atom stereocenters. The summed E-state index contributed by atoms with van der Waals surface area (Å²) in [5.74, 6) is -0.660. The van der Waals surface area contributed by atoms with Gasteiger partial charge in [-0.15, -0.1) is 11.3 Å². The maximum atomic E-state index is 12.3. The van der Waals surface area contributed by atoms with E-state index in [0.717, 1.165) is 12.8 Å². The molecule has 0 aliphatic carbocycles. The number of rotatable bonds is 5. The number of ketones is 1. The quantitative estimate of drug-likeness (QED) is 0.609. The fourth-order valence-corrected chi connectivity index (χ4v) is 3.57. The van der Waals surface area contributed by atoms with Crippen LogP contribution in [-0.4, -0.2) is 42.3 Å². The second-order valence-electron chi connectivity index (χ2n) is 5.15. The predicted molar refractivity (Wildman–Crippen MR) is 84.3 cm³/mol. The molecule has 1 aromatic rings. The van der Waals surface area contributed by atoms with Crippen molar-refractivity contribution in [1.29, 1.82) is 0 Å². The number of carbonyl (C=O) groups is 3. The highest BCUT2D eigenvalue weighted by molar-refractivity contribution is 7.18. The molecule has 1 aliphatic rings. The number of piperidine rings is 1. The van der Waals surface area contributed by atoms with Crippen LogP contribution in [0.25, 0.3) is 0 Å². The second-order valence-corrected chi connectivity index (χ2v) is 6.86. The Morgan fingerprint density at radius 3 is 2.73 bits per heavy atom. The zero-order valence-electron chi connectivity index (χ0n) is 12.3. The molecule has 0 spiro atoms. The van der Waals surface area contributed by atoms with Crippen molar-refractivity contribution >= 4 is 40.6 Å². The number of halogens is 1. The van der Waals surface area contributed by atoms with Gasteiger partial charge in [0.15, 0.2) is 5.78 Å². The van der Waals surface area contributed by atoms with E-state index in [2.05, 4.69) is 0 Å². The van der Waals surface area contributed by atoms with E-state index < -0.39 is 6.04 Å². The van der Waals surface area contributed by atoms with Gasteiger partial charge in [0.2, 0.25) is 5.91 Å². The first kappa shape index (κ1) is 17.0. The van der Waals surface area contributed by atoms with Crippen LogP contribution in [0.4, 0.5) is 0 Å². The van der Waals surface area contributed by atoms with Crippen LogP contribution in [0, 0.1) is 0 Å². The summed E-state index contributed by atoms with van der Waals surface area (Å²) in [5.41, 5.74) is 0. The Balaban J connectivity index is 1.92. The van der Waals surface area contributed by atoms with Crippen molar-refractivity contribution < 1.29 is 19.1 Å². The number of likely N-dealkylation sites (tertiary alicyclic amines) is 1. The molecule has 1 saturated heterocycles. The maximum Gasteiger partial charge on any atom is 0.328 e. The molecule has 1 aromatic heterocycles. The van der Waals surface area contributed by atoms with Crippen molar-refractivity contribution in [2.24, 2.45) is 0 Å². The van der Waals surface area contributed by atoms with Crippen molar-refractivity contribution in [1.82, 2.24) is 4.90 Å². The molecule has 22 heavy (non-hydrogen) atoms.